The van der Waals surface area contributed by atoms with Crippen molar-refractivity contribution in [2.75, 3.05) is 13.1 Å². The molecular weight excluding hydrogens is 332 g/mol. The van der Waals surface area contributed by atoms with Crippen LogP contribution < -0.4 is 0 Å². The number of thiol groups is 1. The number of rotatable bonds is 2. The molecule has 0 aliphatic carbocycles. The molecule has 3 rings (SSSR count). The minimum absolute atomic E-state index is 0.0343. The maximum Gasteiger partial charge on any atom is 0.416 e. The van der Waals surface area contributed by atoms with Gasteiger partial charge in [-0.15, -0.1) is 0 Å². The van der Waals surface area contributed by atoms with E-state index in [1.807, 2.05) is 0 Å². The normalized spacial score (nSPS) is 25.3. The van der Waals surface area contributed by atoms with Crippen LogP contribution in [0.15, 0.2) is 12.1 Å². The first kappa shape index (κ1) is 16.6. The van der Waals surface area contributed by atoms with Crippen molar-refractivity contribution in [1.82, 2.24) is 9.21 Å². The van der Waals surface area contributed by atoms with Crippen molar-refractivity contribution in [1.29, 1.82) is 0 Å². The first-order valence-electron chi connectivity index (χ1n) is 7.22. The number of nitrogens with zero attached hydrogens (tertiary/aromatic N) is 2. The highest BCUT2D eigenvalue weighted by Crippen LogP contribution is 2.39. The average molecular weight is 348 g/mol. The lowest BCUT2D eigenvalue weighted by molar-refractivity contribution is -0.138. The van der Waals surface area contributed by atoms with Gasteiger partial charge in [-0.25, -0.2) is 4.39 Å². The second kappa shape index (κ2) is 5.37. The van der Waals surface area contributed by atoms with Gasteiger partial charge in [0.15, 0.2) is 0 Å². The molecule has 0 N–H and O–H groups in total. The van der Waals surface area contributed by atoms with Gasteiger partial charge in [-0.05, 0) is 36.6 Å². The third-order valence-electron chi connectivity index (χ3n) is 4.30. The first-order chi connectivity index (χ1) is 10.6. The monoisotopic (exact) mass is 348 g/mol. The highest BCUT2D eigenvalue weighted by Gasteiger charge is 2.40. The highest BCUT2D eigenvalue weighted by molar-refractivity contribution is 7.78. The molecule has 1 atom stereocenters. The van der Waals surface area contributed by atoms with Crippen LogP contribution in [0.25, 0.3) is 0 Å². The van der Waals surface area contributed by atoms with Crippen molar-refractivity contribution in [3.05, 3.63) is 34.4 Å². The summed E-state index contributed by atoms with van der Waals surface area (Å²) in [6, 6.07) is 2.53. The van der Waals surface area contributed by atoms with Gasteiger partial charge >= 0.3 is 6.18 Å². The maximum atomic E-state index is 13.9. The van der Waals surface area contributed by atoms with Gasteiger partial charge in [0.25, 0.3) is 5.91 Å². The molecule has 0 spiro atoms. The Morgan fingerprint density at radius 1 is 1.35 bits per heavy atom. The minimum Gasteiger partial charge on any atom is -0.296 e. The Balaban J connectivity index is 1.95. The molecule has 1 unspecified atom stereocenters. The van der Waals surface area contributed by atoms with E-state index < -0.39 is 23.3 Å². The molecule has 1 fully saturated rings. The number of amides is 1. The molecule has 23 heavy (non-hydrogen) atoms. The van der Waals surface area contributed by atoms with Gasteiger partial charge in [0.1, 0.15) is 5.67 Å². The molecular formula is C15H16F4N2OS. The summed E-state index contributed by atoms with van der Waals surface area (Å²) in [5.74, 6) is -0.535. The summed E-state index contributed by atoms with van der Waals surface area (Å²) in [5, 5.41) is 0. The molecule has 2 aliphatic heterocycles. The number of hydrogen-bond acceptors (Lipinski definition) is 3. The fraction of sp³-hybridized carbons (Fsp3) is 0.533. The molecule has 1 aromatic rings. The molecule has 0 aromatic heterocycles. The van der Waals surface area contributed by atoms with Crippen molar-refractivity contribution in [3.8, 4) is 0 Å². The van der Waals surface area contributed by atoms with Crippen LogP contribution in [0.1, 0.15) is 40.4 Å². The summed E-state index contributed by atoms with van der Waals surface area (Å²) in [4.78, 5) is 13.7. The van der Waals surface area contributed by atoms with Gasteiger partial charge in [-0.1, -0.05) is 12.8 Å². The highest BCUT2D eigenvalue weighted by atomic mass is 32.1. The molecule has 8 heteroatoms. The quantitative estimate of drug-likeness (QED) is 0.654. The Morgan fingerprint density at radius 3 is 2.61 bits per heavy atom. The molecule has 3 nitrogen and oxygen atoms in total. The fourth-order valence-electron chi connectivity index (χ4n) is 3.21. The van der Waals surface area contributed by atoms with Crippen LogP contribution in [0.5, 0.6) is 0 Å². The molecule has 2 aliphatic rings. The predicted octanol–water partition coefficient (Wildman–Crippen LogP) is 3.44. The molecule has 126 valence electrons. The lowest BCUT2D eigenvalue weighted by Crippen LogP contribution is -2.26. The van der Waals surface area contributed by atoms with E-state index in [4.69, 9.17) is 0 Å². The van der Waals surface area contributed by atoms with Crippen LogP contribution in [0.2, 0.25) is 0 Å². The molecule has 0 saturated carbocycles. The summed E-state index contributed by atoms with van der Waals surface area (Å²) in [6.07, 6.45) is -4.19. The van der Waals surface area contributed by atoms with Crippen LogP contribution in [0.3, 0.4) is 0 Å². The smallest absolute Gasteiger partial charge is 0.296 e. The lowest BCUT2D eigenvalue weighted by Gasteiger charge is -2.19. The molecule has 1 saturated heterocycles. The Bertz CT molecular complexity index is 660. The minimum atomic E-state index is -4.54. The molecule has 0 radical (unpaired) electrons. The van der Waals surface area contributed by atoms with E-state index in [0.29, 0.717) is 18.5 Å². The number of benzene rings is 1. The maximum absolute atomic E-state index is 13.9. The average Bonchev–Trinajstić information content (AvgIpc) is 2.89. The summed E-state index contributed by atoms with van der Waals surface area (Å²) in [7, 11) is 0. The van der Waals surface area contributed by atoms with Crippen molar-refractivity contribution in [2.45, 2.75) is 38.3 Å². The van der Waals surface area contributed by atoms with Gasteiger partial charge < -0.3 is 0 Å². The van der Waals surface area contributed by atoms with E-state index in [2.05, 4.69) is 12.8 Å². The second-order valence-corrected chi connectivity index (χ2v) is 6.89. The van der Waals surface area contributed by atoms with E-state index in [-0.39, 0.29) is 30.8 Å². The van der Waals surface area contributed by atoms with Crippen LogP contribution >= 0.6 is 12.8 Å². The summed E-state index contributed by atoms with van der Waals surface area (Å²) >= 11 is 3.91. The second-order valence-electron chi connectivity index (χ2n) is 6.40. The summed E-state index contributed by atoms with van der Waals surface area (Å²) in [6.45, 7) is 2.17. The molecule has 1 aromatic carbocycles. The third-order valence-corrected chi connectivity index (χ3v) is 4.62. The largest absolute Gasteiger partial charge is 0.416 e. The van der Waals surface area contributed by atoms with Gasteiger partial charge in [0, 0.05) is 25.2 Å². The molecule has 0 bridgehead atoms. The van der Waals surface area contributed by atoms with Crippen molar-refractivity contribution < 1.29 is 22.4 Å². The van der Waals surface area contributed by atoms with E-state index in [1.54, 1.807) is 4.90 Å². The van der Waals surface area contributed by atoms with E-state index in [1.165, 1.54) is 13.0 Å². The van der Waals surface area contributed by atoms with E-state index in [0.717, 1.165) is 10.4 Å². The third kappa shape index (κ3) is 3.19. The zero-order valence-electron chi connectivity index (χ0n) is 12.5. The Morgan fingerprint density at radius 2 is 2.04 bits per heavy atom. The van der Waals surface area contributed by atoms with Crippen LogP contribution in [0.4, 0.5) is 17.6 Å². The molecule has 1 amide bonds. The summed E-state index contributed by atoms with van der Waals surface area (Å²) in [5.41, 5.74) is -1.77. The predicted molar refractivity (Wildman–Crippen MR) is 79.7 cm³/mol. The number of likely N-dealkylation sites (tertiary alicyclic amines) is 1. The SMILES string of the molecule is CC1(F)CCN(Cc2cc3c(c(C(F)(F)F)c2)CN(S)C3=O)C1. The number of fused-ring (bicyclic) bond motifs is 1. The van der Waals surface area contributed by atoms with Gasteiger partial charge in [0.05, 0.1) is 12.1 Å². The van der Waals surface area contributed by atoms with Crippen molar-refractivity contribution in [2.24, 2.45) is 0 Å². The van der Waals surface area contributed by atoms with Gasteiger partial charge in [-0.2, -0.15) is 13.2 Å². The first-order valence-corrected chi connectivity index (χ1v) is 7.62. The zero-order valence-corrected chi connectivity index (χ0v) is 13.3. The Kier molecular flexibility index (Phi) is 3.87. The Labute approximate surface area is 136 Å². The number of alkyl halides is 4. The number of carbonyl (C=O) groups excluding carboxylic acids is 1. The summed E-state index contributed by atoms with van der Waals surface area (Å²) < 4.78 is 54.7. The molecule has 2 heterocycles. The fourth-order valence-corrected chi connectivity index (χ4v) is 3.46. The van der Waals surface area contributed by atoms with Crippen LogP contribution in [0, 0.1) is 0 Å². The van der Waals surface area contributed by atoms with Crippen LogP contribution in [-0.4, -0.2) is 33.9 Å². The van der Waals surface area contributed by atoms with E-state index in [9.17, 15) is 22.4 Å². The van der Waals surface area contributed by atoms with Crippen LogP contribution in [-0.2, 0) is 19.3 Å². The van der Waals surface area contributed by atoms with Gasteiger partial charge in [-0.3, -0.25) is 14.0 Å². The van der Waals surface area contributed by atoms with Gasteiger partial charge in [0.2, 0.25) is 0 Å². The lowest BCUT2D eigenvalue weighted by atomic mass is 9.98. The topological polar surface area (TPSA) is 23.6 Å². The van der Waals surface area contributed by atoms with E-state index >= 15 is 0 Å². The number of halogens is 4. The van der Waals surface area contributed by atoms with Crippen molar-refractivity contribution >= 4 is 18.7 Å². The number of carbonyl (C=O) groups is 1. The van der Waals surface area contributed by atoms with Crippen molar-refractivity contribution in [3.63, 3.8) is 0 Å². The number of hydrogen-bond donors (Lipinski definition) is 1. The standard InChI is InChI=1S/C15H16F4N2OS/c1-14(16)2-3-20(8-14)6-9-4-10-11(7-21(23)13(10)22)12(5-9)15(17,18)19/h4-5,23H,2-3,6-8H2,1H3. The Hall–Kier alpha value is -1.28. The zero-order chi connectivity index (χ0) is 17.0.